The van der Waals surface area contributed by atoms with E-state index < -0.39 is 0 Å². The molecule has 0 aliphatic heterocycles. The molecule has 100 valence electrons. The van der Waals surface area contributed by atoms with Crippen LogP contribution in [0.15, 0.2) is 18.2 Å². The van der Waals surface area contributed by atoms with E-state index in [1.807, 2.05) is 6.07 Å². The van der Waals surface area contributed by atoms with Crippen molar-refractivity contribution < 1.29 is 4.39 Å². The molecule has 1 fully saturated rings. The van der Waals surface area contributed by atoms with Gasteiger partial charge in [0.2, 0.25) is 0 Å². The molecule has 1 aromatic carbocycles. The van der Waals surface area contributed by atoms with E-state index in [1.54, 1.807) is 6.07 Å². The normalized spacial score (nSPS) is 18.7. The highest BCUT2D eigenvalue weighted by atomic mass is 35.5. The third-order valence-electron chi connectivity index (χ3n) is 3.94. The average Bonchev–Trinajstić information content (AvgIpc) is 3.17. The molecular formula is C15H21ClFN. The van der Waals surface area contributed by atoms with Gasteiger partial charge in [-0.05, 0) is 49.3 Å². The van der Waals surface area contributed by atoms with Crippen molar-refractivity contribution >= 4 is 11.6 Å². The van der Waals surface area contributed by atoms with Crippen molar-refractivity contribution in [3.63, 3.8) is 0 Å². The van der Waals surface area contributed by atoms with E-state index in [1.165, 1.54) is 18.9 Å². The quantitative estimate of drug-likeness (QED) is 0.822. The second kappa shape index (κ2) is 6.03. The van der Waals surface area contributed by atoms with Gasteiger partial charge in [-0.3, -0.25) is 0 Å². The van der Waals surface area contributed by atoms with Gasteiger partial charge >= 0.3 is 0 Å². The van der Waals surface area contributed by atoms with Gasteiger partial charge in [0, 0.05) is 6.04 Å². The van der Waals surface area contributed by atoms with Crippen molar-refractivity contribution in [2.45, 2.75) is 39.2 Å². The predicted octanol–water partition coefficient (Wildman–Crippen LogP) is 4.05. The minimum absolute atomic E-state index is 0.281. The van der Waals surface area contributed by atoms with Crippen LogP contribution in [0, 0.1) is 17.7 Å². The van der Waals surface area contributed by atoms with Crippen LogP contribution in [0.2, 0.25) is 5.02 Å². The lowest BCUT2D eigenvalue weighted by Gasteiger charge is -2.25. The summed E-state index contributed by atoms with van der Waals surface area (Å²) in [5.74, 6) is 1.15. The molecule has 18 heavy (non-hydrogen) atoms. The Morgan fingerprint density at radius 3 is 2.78 bits per heavy atom. The van der Waals surface area contributed by atoms with E-state index in [9.17, 15) is 4.39 Å². The summed E-state index contributed by atoms with van der Waals surface area (Å²) >= 11 is 6.03. The molecule has 3 heteroatoms. The van der Waals surface area contributed by atoms with Crippen molar-refractivity contribution in [3.8, 4) is 0 Å². The van der Waals surface area contributed by atoms with Gasteiger partial charge in [-0.25, -0.2) is 4.39 Å². The molecule has 0 aromatic heterocycles. The smallest absolute Gasteiger partial charge is 0.142 e. The lowest BCUT2D eigenvalue weighted by molar-refractivity contribution is 0.344. The van der Waals surface area contributed by atoms with Crippen LogP contribution in [0.3, 0.4) is 0 Å². The number of benzene rings is 1. The van der Waals surface area contributed by atoms with Crippen LogP contribution < -0.4 is 5.32 Å². The largest absolute Gasteiger partial charge is 0.314 e. The van der Waals surface area contributed by atoms with Crippen LogP contribution in [0.1, 0.15) is 32.3 Å². The summed E-state index contributed by atoms with van der Waals surface area (Å²) in [6.07, 6.45) is 3.47. The van der Waals surface area contributed by atoms with E-state index in [4.69, 9.17) is 11.6 Å². The van der Waals surface area contributed by atoms with Crippen LogP contribution >= 0.6 is 11.6 Å². The number of likely N-dealkylation sites (N-methyl/N-ethyl adjacent to an activating group) is 1. The first-order valence-corrected chi connectivity index (χ1v) is 7.17. The highest BCUT2D eigenvalue weighted by Crippen LogP contribution is 2.39. The van der Waals surface area contributed by atoms with Crippen LogP contribution in [-0.2, 0) is 6.42 Å². The molecule has 1 nitrogen and oxygen atoms in total. The van der Waals surface area contributed by atoms with Crippen molar-refractivity contribution in [2.75, 3.05) is 6.54 Å². The summed E-state index contributed by atoms with van der Waals surface area (Å²) in [6.45, 7) is 5.34. The zero-order chi connectivity index (χ0) is 13.1. The standard InChI is InChI=1S/C15H21ClFN/c1-3-18-14(10(2)11-7-8-11)9-12-5-4-6-13(17)15(12)16/h4-6,10-11,14,18H,3,7-9H2,1-2H3. The molecule has 0 heterocycles. The molecule has 1 aliphatic rings. The lowest BCUT2D eigenvalue weighted by Crippen LogP contribution is -2.37. The Morgan fingerprint density at radius 1 is 1.44 bits per heavy atom. The number of hydrogen-bond donors (Lipinski definition) is 1. The fourth-order valence-electron chi connectivity index (χ4n) is 2.60. The van der Waals surface area contributed by atoms with Crippen molar-refractivity contribution in [2.24, 2.45) is 11.8 Å². The van der Waals surface area contributed by atoms with Gasteiger partial charge in [0.05, 0.1) is 5.02 Å². The highest BCUT2D eigenvalue weighted by molar-refractivity contribution is 6.31. The SMILES string of the molecule is CCNC(Cc1cccc(F)c1Cl)C(C)C1CC1. The molecule has 1 saturated carbocycles. The monoisotopic (exact) mass is 269 g/mol. The van der Waals surface area contributed by atoms with Crippen LogP contribution in [0.5, 0.6) is 0 Å². The van der Waals surface area contributed by atoms with Crippen LogP contribution in [0.4, 0.5) is 4.39 Å². The summed E-state index contributed by atoms with van der Waals surface area (Å²) in [4.78, 5) is 0. The second-order valence-electron chi connectivity index (χ2n) is 5.28. The minimum atomic E-state index is -0.316. The minimum Gasteiger partial charge on any atom is -0.314 e. The van der Waals surface area contributed by atoms with Crippen LogP contribution in [-0.4, -0.2) is 12.6 Å². The van der Waals surface area contributed by atoms with Gasteiger partial charge in [0.15, 0.2) is 0 Å². The molecule has 0 radical (unpaired) electrons. The first kappa shape index (κ1) is 13.8. The molecule has 1 aliphatic carbocycles. The Labute approximate surface area is 114 Å². The Bertz CT molecular complexity index is 403. The van der Waals surface area contributed by atoms with E-state index >= 15 is 0 Å². The summed E-state index contributed by atoms with van der Waals surface area (Å²) in [5, 5.41) is 3.80. The van der Waals surface area contributed by atoms with Gasteiger partial charge in [-0.15, -0.1) is 0 Å². The first-order valence-electron chi connectivity index (χ1n) is 6.79. The maximum atomic E-state index is 13.4. The van der Waals surface area contributed by atoms with Crippen molar-refractivity contribution in [1.29, 1.82) is 0 Å². The molecule has 1 N–H and O–H groups in total. The van der Waals surface area contributed by atoms with E-state index in [0.717, 1.165) is 24.4 Å². The van der Waals surface area contributed by atoms with E-state index in [2.05, 4.69) is 19.2 Å². The fraction of sp³-hybridized carbons (Fsp3) is 0.600. The van der Waals surface area contributed by atoms with Crippen LogP contribution in [0.25, 0.3) is 0 Å². The first-order chi connectivity index (χ1) is 8.63. The van der Waals surface area contributed by atoms with Gasteiger partial charge in [-0.2, -0.15) is 0 Å². The Morgan fingerprint density at radius 2 is 2.17 bits per heavy atom. The van der Waals surface area contributed by atoms with E-state index in [0.29, 0.717) is 12.0 Å². The topological polar surface area (TPSA) is 12.0 Å². The summed E-state index contributed by atoms with van der Waals surface area (Å²) in [7, 11) is 0. The van der Waals surface area contributed by atoms with Crippen molar-refractivity contribution in [1.82, 2.24) is 5.32 Å². The number of halogens is 2. The zero-order valence-electron chi connectivity index (χ0n) is 11.0. The van der Waals surface area contributed by atoms with Gasteiger partial charge in [0.1, 0.15) is 5.82 Å². The third-order valence-corrected chi connectivity index (χ3v) is 4.36. The predicted molar refractivity (Wildman–Crippen MR) is 74.5 cm³/mol. The van der Waals surface area contributed by atoms with Gasteiger partial charge in [0.25, 0.3) is 0 Å². The number of nitrogens with one attached hydrogen (secondary N) is 1. The molecule has 0 bridgehead atoms. The lowest BCUT2D eigenvalue weighted by atomic mass is 9.91. The highest BCUT2D eigenvalue weighted by Gasteiger charge is 2.33. The molecule has 1 aromatic rings. The summed E-state index contributed by atoms with van der Waals surface area (Å²) in [6, 6.07) is 5.47. The third kappa shape index (κ3) is 3.24. The van der Waals surface area contributed by atoms with E-state index in [-0.39, 0.29) is 10.8 Å². The molecule has 2 atom stereocenters. The molecule has 0 amide bonds. The number of rotatable bonds is 6. The summed E-state index contributed by atoms with van der Waals surface area (Å²) in [5.41, 5.74) is 0.912. The zero-order valence-corrected chi connectivity index (χ0v) is 11.8. The van der Waals surface area contributed by atoms with Gasteiger partial charge in [-0.1, -0.05) is 37.6 Å². The molecule has 0 spiro atoms. The average molecular weight is 270 g/mol. The van der Waals surface area contributed by atoms with Crippen molar-refractivity contribution in [3.05, 3.63) is 34.6 Å². The molecular weight excluding hydrogens is 249 g/mol. The number of hydrogen-bond acceptors (Lipinski definition) is 1. The molecule has 0 saturated heterocycles. The maximum Gasteiger partial charge on any atom is 0.142 e. The van der Waals surface area contributed by atoms with Gasteiger partial charge < -0.3 is 5.32 Å². The Hall–Kier alpha value is -0.600. The Balaban J connectivity index is 2.09. The summed E-state index contributed by atoms with van der Waals surface area (Å²) < 4.78 is 13.4. The second-order valence-corrected chi connectivity index (χ2v) is 5.66. The maximum absolute atomic E-state index is 13.4. The molecule has 2 unspecified atom stereocenters. The molecule has 2 rings (SSSR count). The fourth-order valence-corrected chi connectivity index (χ4v) is 2.80. The Kier molecular flexibility index (Phi) is 4.63.